The van der Waals surface area contributed by atoms with Gasteiger partial charge in [0, 0.05) is 18.8 Å². The molecule has 3 rings (SSSR count). The number of rotatable bonds is 3. The van der Waals surface area contributed by atoms with Crippen molar-refractivity contribution in [3.05, 3.63) is 65.2 Å². The Morgan fingerprint density at radius 3 is 2.46 bits per heavy atom. The van der Waals surface area contributed by atoms with Crippen molar-refractivity contribution in [1.29, 1.82) is 0 Å². The SMILES string of the molecule is CC(C)(C)c1ccccc1NCC(=O)N1CCc2ccccc2C1. The van der Waals surface area contributed by atoms with Crippen LogP contribution in [0.4, 0.5) is 5.69 Å². The zero-order valence-corrected chi connectivity index (χ0v) is 14.8. The summed E-state index contributed by atoms with van der Waals surface area (Å²) in [5, 5.41) is 3.35. The van der Waals surface area contributed by atoms with Gasteiger partial charge in [-0.05, 0) is 34.6 Å². The molecule has 1 amide bonds. The summed E-state index contributed by atoms with van der Waals surface area (Å²) < 4.78 is 0. The smallest absolute Gasteiger partial charge is 0.242 e. The Morgan fingerprint density at radius 1 is 1.04 bits per heavy atom. The van der Waals surface area contributed by atoms with E-state index in [-0.39, 0.29) is 11.3 Å². The highest BCUT2D eigenvalue weighted by atomic mass is 16.2. The van der Waals surface area contributed by atoms with E-state index in [0.717, 1.165) is 25.2 Å². The first-order chi connectivity index (χ1) is 11.4. The molecule has 1 aliphatic rings. The molecule has 0 unspecified atom stereocenters. The molecular weight excluding hydrogens is 296 g/mol. The Kier molecular flexibility index (Phi) is 4.61. The molecule has 0 saturated carbocycles. The Morgan fingerprint density at radius 2 is 1.71 bits per heavy atom. The summed E-state index contributed by atoms with van der Waals surface area (Å²) in [6.07, 6.45) is 0.945. The molecule has 1 heterocycles. The third kappa shape index (κ3) is 3.61. The van der Waals surface area contributed by atoms with Gasteiger partial charge < -0.3 is 10.2 Å². The first-order valence-corrected chi connectivity index (χ1v) is 8.63. The summed E-state index contributed by atoms with van der Waals surface area (Å²) in [7, 11) is 0. The van der Waals surface area contributed by atoms with E-state index < -0.39 is 0 Å². The number of fused-ring (bicyclic) bond motifs is 1. The summed E-state index contributed by atoms with van der Waals surface area (Å²) in [5.41, 5.74) is 4.98. The lowest BCUT2D eigenvalue weighted by Crippen LogP contribution is -2.39. The Hall–Kier alpha value is -2.29. The Balaban J connectivity index is 1.65. The monoisotopic (exact) mass is 322 g/mol. The van der Waals surface area contributed by atoms with Gasteiger partial charge in [-0.3, -0.25) is 4.79 Å². The van der Waals surface area contributed by atoms with Crippen LogP contribution < -0.4 is 5.32 Å². The van der Waals surface area contributed by atoms with E-state index in [0.29, 0.717) is 6.54 Å². The van der Waals surface area contributed by atoms with Crippen molar-refractivity contribution in [1.82, 2.24) is 4.90 Å². The molecule has 1 aliphatic heterocycles. The quantitative estimate of drug-likeness (QED) is 0.927. The van der Waals surface area contributed by atoms with E-state index in [2.05, 4.69) is 62.5 Å². The Labute approximate surface area is 144 Å². The predicted molar refractivity (Wildman–Crippen MR) is 99.2 cm³/mol. The fourth-order valence-electron chi connectivity index (χ4n) is 3.28. The van der Waals surface area contributed by atoms with Gasteiger partial charge in [0.15, 0.2) is 0 Å². The topological polar surface area (TPSA) is 32.3 Å². The fraction of sp³-hybridized carbons (Fsp3) is 0.381. The summed E-state index contributed by atoms with van der Waals surface area (Å²) in [5.74, 6) is 0.160. The number of carbonyl (C=O) groups is 1. The van der Waals surface area contributed by atoms with Crippen molar-refractivity contribution in [2.45, 2.75) is 39.2 Å². The number of hydrogen-bond acceptors (Lipinski definition) is 2. The molecular formula is C21H26N2O. The molecule has 0 spiro atoms. The molecule has 0 aliphatic carbocycles. The van der Waals surface area contributed by atoms with Gasteiger partial charge in [0.1, 0.15) is 0 Å². The van der Waals surface area contributed by atoms with Crippen LogP contribution in [0.2, 0.25) is 0 Å². The number of para-hydroxylation sites is 1. The molecule has 1 N–H and O–H groups in total. The summed E-state index contributed by atoms with van der Waals surface area (Å²) in [6.45, 7) is 8.44. The van der Waals surface area contributed by atoms with Crippen molar-refractivity contribution in [3.8, 4) is 0 Å². The van der Waals surface area contributed by atoms with Gasteiger partial charge in [-0.1, -0.05) is 63.2 Å². The highest BCUT2D eigenvalue weighted by molar-refractivity contribution is 5.81. The Bertz CT molecular complexity index is 731. The number of nitrogens with zero attached hydrogens (tertiary/aromatic N) is 1. The average Bonchev–Trinajstić information content (AvgIpc) is 2.58. The van der Waals surface area contributed by atoms with E-state index in [1.165, 1.54) is 16.7 Å². The van der Waals surface area contributed by atoms with Crippen molar-refractivity contribution < 1.29 is 4.79 Å². The molecule has 24 heavy (non-hydrogen) atoms. The molecule has 0 aromatic heterocycles. The van der Waals surface area contributed by atoms with Gasteiger partial charge in [0.2, 0.25) is 5.91 Å². The highest BCUT2D eigenvalue weighted by Gasteiger charge is 2.21. The normalized spacial score (nSPS) is 14.2. The van der Waals surface area contributed by atoms with Crippen LogP contribution >= 0.6 is 0 Å². The van der Waals surface area contributed by atoms with Gasteiger partial charge in [0.05, 0.1) is 6.54 Å². The molecule has 2 aromatic carbocycles. The van der Waals surface area contributed by atoms with E-state index in [1.807, 2.05) is 17.0 Å². The lowest BCUT2D eigenvalue weighted by atomic mass is 9.86. The van der Waals surface area contributed by atoms with E-state index in [9.17, 15) is 4.79 Å². The average molecular weight is 322 g/mol. The number of amides is 1. The largest absolute Gasteiger partial charge is 0.376 e. The van der Waals surface area contributed by atoms with Gasteiger partial charge in [0.25, 0.3) is 0 Å². The summed E-state index contributed by atoms with van der Waals surface area (Å²) in [4.78, 5) is 14.6. The van der Waals surface area contributed by atoms with E-state index in [4.69, 9.17) is 0 Å². The molecule has 3 heteroatoms. The second kappa shape index (κ2) is 6.68. The molecule has 0 atom stereocenters. The molecule has 2 aromatic rings. The maximum atomic E-state index is 12.6. The highest BCUT2D eigenvalue weighted by Crippen LogP contribution is 2.29. The zero-order chi connectivity index (χ0) is 17.2. The first kappa shape index (κ1) is 16.6. The summed E-state index contributed by atoms with van der Waals surface area (Å²) in [6, 6.07) is 16.6. The van der Waals surface area contributed by atoms with Gasteiger partial charge in [-0.25, -0.2) is 0 Å². The minimum Gasteiger partial charge on any atom is -0.376 e. The van der Waals surface area contributed by atoms with Crippen molar-refractivity contribution in [2.24, 2.45) is 0 Å². The molecule has 3 nitrogen and oxygen atoms in total. The van der Waals surface area contributed by atoms with Crippen LogP contribution in [0.25, 0.3) is 0 Å². The zero-order valence-electron chi connectivity index (χ0n) is 14.8. The van der Waals surface area contributed by atoms with Crippen LogP contribution in [0.5, 0.6) is 0 Å². The molecule has 0 bridgehead atoms. The lowest BCUT2D eigenvalue weighted by molar-refractivity contribution is -0.130. The first-order valence-electron chi connectivity index (χ1n) is 8.63. The lowest BCUT2D eigenvalue weighted by Gasteiger charge is -2.29. The van der Waals surface area contributed by atoms with Gasteiger partial charge >= 0.3 is 0 Å². The summed E-state index contributed by atoms with van der Waals surface area (Å²) >= 11 is 0. The van der Waals surface area contributed by atoms with Crippen molar-refractivity contribution in [3.63, 3.8) is 0 Å². The van der Waals surface area contributed by atoms with Crippen LogP contribution in [-0.2, 0) is 23.2 Å². The number of carbonyl (C=O) groups excluding carboxylic acids is 1. The van der Waals surface area contributed by atoms with Crippen LogP contribution in [0.1, 0.15) is 37.5 Å². The van der Waals surface area contributed by atoms with Gasteiger partial charge in [-0.2, -0.15) is 0 Å². The maximum Gasteiger partial charge on any atom is 0.242 e. The van der Waals surface area contributed by atoms with Crippen LogP contribution in [0.15, 0.2) is 48.5 Å². The van der Waals surface area contributed by atoms with E-state index in [1.54, 1.807) is 0 Å². The third-order valence-electron chi connectivity index (χ3n) is 4.65. The number of nitrogens with one attached hydrogen (secondary N) is 1. The fourth-order valence-corrected chi connectivity index (χ4v) is 3.28. The molecule has 0 saturated heterocycles. The second-order valence-corrected chi connectivity index (χ2v) is 7.48. The molecule has 126 valence electrons. The standard InChI is InChI=1S/C21H26N2O/c1-21(2,3)18-10-6-7-11-19(18)22-14-20(24)23-13-12-16-8-4-5-9-17(16)15-23/h4-11,22H,12-15H2,1-3H3. The van der Waals surface area contributed by atoms with Crippen LogP contribution in [0.3, 0.4) is 0 Å². The van der Waals surface area contributed by atoms with Crippen molar-refractivity contribution in [2.75, 3.05) is 18.4 Å². The van der Waals surface area contributed by atoms with Crippen LogP contribution in [-0.4, -0.2) is 23.9 Å². The predicted octanol–water partition coefficient (Wildman–Crippen LogP) is 3.98. The maximum absolute atomic E-state index is 12.6. The number of hydrogen-bond donors (Lipinski definition) is 1. The van der Waals surface area contributed by atoms with E-state index >= 15 is 0 Å². The van der Waals surface area contributed by atoms with Crippen molar-refractivity contribution >= 4 is 11.6 Å². The molecule has 0 fully saturated rings. The second-order valence-electron chi connectivity index (χ2n) is 7.48. The number of anilines is 1. The van der Waals surface area contributed by atoms with Gasteiger partial charge in [-0.15, -0.1) is 0 Å². The third-order valence-corrected chi connectivity index (χ3v) is 4.65. The molecule has 0 radical (unpaired) electrons. The van der Waals surface area contributed by atoms with Crippen LogP contribution in [0, 0.1) is 0 Å². The minimum atomic E-state index is 0.0523. The number of benzene rings is 2. The minimum absolute atomic E-state index is 0.0523.